The van der Waals surface area contributed by atoms with Crippen LogP contribution in [-0.2, 0) is 14.3 Å². The molecule has 2 aromatic carbocycles. The van der Waals surface area contributed by atoms with Gasteiger partial charge in [0.1, 0.15) is 12.1 Å². The van der Waals surface area contributed by atoms with E-state index in [1.165, 1.54) is 0 Å². The molecule has 2 aromatic rings. The molecule has 4 rings (SSSR count). The first-order valence-electron chi connectivity index (χ1n) is 10.2. The summed E-state index contributed by atoms with van der Waals surface area (Å²) < 4.78 is 5.49. The standard InChI is InChI=1S/C23H24N2O6/c26-19(20(27)28)9-12-24-21(29)23(10-11-23)25-22(30)31-13-18-16-7-3-1-5-14(16)15-6-2-4-8-17(15)18/h1-8,18-19,26H,9-13H2,(H,24,29)(H,25,30)(H,27,28). The molecule has 4 N–H and O–H groups in total. The second-order valence-electron chi connectivity index (χ2n) is 7.93. The number of benzene rings is 2. The van der Waals surface area contributed by atoms with E-state index in [1.54, 1.807) is 0 Å². The Morgan fingerprint density at radius 2 is 1.61 bits per heavy atom. The highest BCUT2D eigenvalue weighted by molar-refractivity contribution is 5.92. The maximum atomic E-state index is 12.4. The van der Waals surface area contributed by atoms with Crippen molar-refractivity contribution in [3.63, 3.8) is 0 Å². The molecule has 0 spiro atoms. The number of amides is 2. The van der Waals surface area contributed by atoms with Crippen LogP contribution in [-0.4, -0.2) is 53.0 Å². The fourth-order valence-electron chi connectivity index (χ4n) is 3.98. The topological polar surface area (TPSA) is 125 Å². The smallest absolute Gasteiger partial charge is 0.408 e. The van der Waals surface area contributed by atoms with Crippen LogP contribution in [0.3, 0.4) is 0 Å². The minimum atomic E-state index is -1.54. The first-order chi connectivity index (χ1) is 14.9. The number of nitrogens with one attached hydrogen (secondary N) is 2. The lowest BCUT2D eigenvalue weighted by Gasteiger charge is -2.19. The first-order valence-corrected chi connectivity index (χ1v) is 10.2. The van der Waals surface area contributed by atoms with Crippen molar-refractivity contribution in [1.29, 1.82) is 0 Å². The average Bonchev–Trinajstić information content (AvgIpc) is 3.47. The minimum Gasteiger partial charge on any atom is -0.479 e. The third kappa shape index (κ3) is 4.25. The summed E-state index contributed by atoms with van der Waals surface area (Å²) in [5.41, 5.74) is 3.44. The number of carbonyl (C=O) groups is 3. The molecule has 0 heterocycles. The van der Waals surface area contributed by atoms with Crippen LogP contribution in [0.4, 0.5) is 4.79 Å². The lowest BCUT2D eigenvalue weighted by molar-refractivity contribution is -0.147. The fourth-order valence-corrected chi connectivity index (χ4v) is 3.98. The van der Waals surface area contributed by atoms with Crippen LogP contribution in [0.5, 0.6) is 0 Å². The average molecular weight is 424 g/mol. The Hall–Kier alpha value is -3.39. The molecule has 0 radical (unpaired) electrons. The number of fused-ring (bicyclic) bond motifs is 3. The van der Waals surface area contributed by atoms with Gasteiger partial charge in [-0.05, 0) is 35.1 Å². The van der Waals surface area contributed by atoms with Gasteiger partial charge in [0.15, 0.2) is 6.10 Å². The number of carboxylic acid groups (broad SMARTS) is 1. The van der Waals surface area contributed by atoms with E-state index >= 15 is 0 Å². The predicted molar refractivity (Wildman–Crippen MR) is 111 cm³/mol. The predicted octanol–water partition coefficient (Wildman–Crippen LogP) is 2.01. The Kier molecular flexibility index (Phi) is 5.65. The third-order valence-electron chi connectivity index (χ3n) is 5.86. The molecule has 1 saturated carbocycles. The van der Waals surface area contributed by atoms with E-state index in [9.17, 15) is 19.5 Å². The van der Waals surface area contributed by atoms with Crippen LogP contribution in [0.2, 0.25) is 0 Å². The summed E-state index contributed by atoms with van der Waals surface area (Å²) in [6.45, 7) is 0.156. The summed E-state index contributed by atoms with van der Waals surface area (Å²) in [7, 11) is 0. The van der Waals surface area contributed by atoms with Crippen molar-refractivity contribution in [2.24, 2.45) is 0 Å². The van der Waals surface area contributed by atoms with Gasteiger partial charge in [-0.2, -0.15) is 0 Å². The van der Waals surface area contributed by atoms with Crippen LogP contribution in [0.25, 0.3) is 11.1 Å². The lowest BCUT2D eigenvalue weighted by Crippen LogP contribution is -2.49. The van der Waals surface area contributed by atoms with Crippen LogP contribution >= 0.6 is 0 Å². The minimum absolute atomic E-state index is 0.000416. The molecule has 1 unspecified atom stereocenters. The number of hydrogen-bond donors (Lipinski definition) is 4. The van der Waals surface area contributed by atoms with Gasteiger partial charge >= 0.3 is 12.1 Å². The SMILES string of the molecule is O=C(NC1(C(=O)NCCC(O)C(=O)O)CC1)OCC1c2ccccc2-c2ccccc21. The van der Waals surface area contributed by atoms with Gasteiger partial charge in [-0.15, -0.1) is 0 Å². The van der Waals surface area contributed by atoms with E-state index in [0.29, 0.717) is 12.8 Å². The highest BCUT2D eigenvalue weighted by atomic mass is 16.5. The summed E-state index contributed by atoms with van der Waals surface area (Å²) in [4.78, 5) is 35.4. The molecular formula is C23H24N2O6. The fraction of sp³-hybridized carbons (Fsp3) is 0.348. The van der Waals surface area contributed by atoms with Crippen molar-refractivity contribution < 1.29 is 29.3 Å². The van der Waals surface area contributed by atoms with Gasteiger partial charge in [0.25, 0.3) is 0 Å². The molecule has 162 valence electrons. The molecular weight excluding hydrogens is 400 g/mol. The van der Waals surface area contributed by atoms with E-state index in [-0.39, 0.29) is 25.5 Å². The van der Waals surface area contributed by atoms with Gasteiger partial charge in [0, 0.05) is 18.9 Å². The second kappa shape index (κ2) is 8.39. The van der Waals surface area contributed by atoms with Gasteiger partial charge in [-0.3, -0.25) is 4.79 Å². The highest BCUT2D eigenvalue weighted by Gasteiger charge is 2.51. The molecule has 8 heteroatoms. The number of rotatable bonds is 8. The number of carboxylic acids is 1. The normalized spacial score (nSPS) is 16.5. The molecule has 1 atom stereocenters. The summed E-state index contributed by atoms with van der Waals surface area (Å²) in [6.07, 6.45) is -1.36. The quantitative estimate of drug-likeness (QED) is 0.514. The van der Waals surface area contributed by atoms with Gasteiger partial charge in [-0.25, -0.2) is 9.59 Å². The van der Waals surface area contributed by atoms with Crippen LogP contribution in [0.1, 0.15) is 36.3 Å². The Bertz CT molecular complexity index is 971. The maximum Gasteiger partial charge on any atom is 0.408 e. The zero-order valence-electron chi connectivity index (χ0n) is 16.8. The summed E-state index contributed by atoms with van der Waals surface area (Å²) in [5, 5.41) is 23.2. The second-order valence-corrected chi connectivity index (χ2v) is 7.93. The molecule has 8 nitrogen and oxygen atoms in total. The van der Waals surface area contributed by atoms with E-state index in [1.807, 2.05) is 36.4 Å². The molecule has 0 aliphatic heterocycles. The van der Waals surface area contributed by atoms with Crippen LogP contribution in [0, 0.1) is 0 Å². The number of aliphatic hydroxyl groups excluding tert-OH is 1. The Morgan fingerprint density at radius 1 is 1.03 bits per heavy atom. The number of alkyl carbamates (subject to hydrolysis) is 1. The molecule has 0 saturated heterocycles. The van der Waals surface area contributed by atoms with Gasteiger partial charge in [-0.1, -0.05) is 48.5 Å². The molecule has 2 aliphatic carbocycles. The lowest BCUT2D eigenvalue weighted by atomic mass is 9.98. The Balaban J connectivity index is 1.33. The van der Waals surface area contributed by atoms with Crippen LogP contribution in [0.15, 0.2) is 48.5 Å². The van der Waals surface area contributed by atoms with Crippen molar-refractivity contribution in [1.82, 2.24) is 10.6 Å². The first kappa shape index (κ1) is 20.9. The number of hydrogen-bond acceptors (Lipinski definition) is 5. The number of aliphatic carboxylic acids is 1. The summed E-state index contributed by atoms with van der Waals surface area (Å²) in [5.74, 6) is -1.81. The van der Waals surface area contributed by atoms with Crippen molar-refractivity contribution in [3.05, 3.63) is 59.7 Å². The van der Waals surface area contributed by atoms with Crippen LogP contribution < -0.4 is 10.6 Å². The summed E-state index contributed by atoms with van der Waals surface area (Å²) >= 11 is 0. The maximum absolute atomic E-state index is 12.4. The van der Waals surface area contributed by atoms with Gasteiger partial charge in [0.2, 0.25) is 5.91 Å². The van der Waals surface area contributed by atoms with Crippen molar-refractivity contribution >= 4 is 18.0 Å². The third-order valence-corrected chi connectivity index (χ3v) is 5.86. The van der Waals surface area contributed by atoms with Crippen molar-refractivity contribution in [2.75, 3.05) is 13.2 Å². The molecule has 2 amide bonds. The molecule has 1 fully saturated rings. The monoisotopic (exact) mass is 424 g/mol. The molecule has 2 aliphatic rings. The highest BCUT2D eigenvalue weighted by Crippen LogP contribution is 2.44. The molecule has 0 aromatic heterocycles. The Morgan fingerprint density at radius 3 is 2.16 bits per heavy atom. The number of carbonyl (C=O) groups excluding carboxylic acids is 2. The zero-order chi connectivity index (χ0) is 22.0. The largest absolute Gasteiger partial charge is 0.479 e. The molecule has 31 heavy (non-hydrogen) atoms. The molecule has 0 bridgehead atoms. The van der Waals surface area contributed by atoms with E-state index < -0.39 is 29.6 Å². The van der Waals surface area contributed by atoms with E-state index in [2.05, 4.69) is 22.8 Å². The number of aliphatic hydroxyl groups is 1. The van der Waals surface area contributed by atoms with Gasteiger partial charge < -0.3 is 25.6 Å². The van der Waals surface area contributed by atoms with Gasteiger partial charge in [0.05, 0.1) is 0 Å². The zero-order valence-corrected chi connectivity index (χ0v) is 16.8. The number of ether oxygens (including phenoxy) is 1. The van der Waals surface area contributed by atoms with E-state index in [0.717, 1.165) is 22.3 Å². The Labute approximate surface area is 179 Å². The van der Waals surface area contributed by atoms with E-state index in [4.69, 9.17) is 9.84 Å². The van der Waals surface area contributed by atoms with Crippen molar-refractivity contribution in [2.45, 2.75) is 36.8 Å². The van der Waals surface area contributed by atoms with Crippen molar-refractivity contribution in [3.8, 4) is 11.1 Å². The summed E-state index contributed by atoms with van der Waals surface area (Å²) in [6, 6.07) is 16.1.